The monoisotopic (exact) mass is 406 g/mol. The Kier molecular flexibility index (Phi) is 4.86. The van der Waals surface area contributed by atoms with Crippen LogP contribution in [0.4, 0.5) is 13.2 Å². The molecule has 1 saturated carbocycles. The van der Waals surface area contributed by atoms with Gasteiger partial charge in [0.2, 0.25) is 0 Å². The first-order chi connectivity index (χ1) is 13.7. The van der Waals surface area contributed by atoms with Crippen LogP contribution in [0.2, 0.25) is 0 Å². The van der Waals surface area contributed by atoms with Crippen molar-refractivity contribution in [3.05, 3.63) is 58.9 Å². The molecule has 4 rings (SSSR count). The van der Waals surface area contributed by atoms with E-state index in [9.17, 15) is 13.2 Å². The van der Waals surface area contributed by atoms with Crippen LogP contribution in [-0.4, -0.2) is 25.3 Å². The number of alkyl halides is 3. The first-order valence-electron chi connectivity index (χ1n) is 9.77. The summed E-state index contributed by atoms with van der Waals surface area (Å²) in [6.45, 7) is 0. The lowest BCUT2D eigenvalue weighted by Crippen LogP contribution is -2.53. The fourth-order valence-corrected chi connectivity index (χ4v) is 5.17. The van der Waals surface area contributed by atoms with Crippen LogP contribution < -0.4 is 10.5 Å². The topological polar surface area (TPSA) is 57.4 Å². The summed E-state index contributed by atoms with van der Waals surface area (Å²) in [4.78, 5) is 4.02. The Morgan fingerprint density at radius 1 is 1.10 bits per heavy atom. The molecule has 0 radical (unpaired) electrons. The fraction of sp³-hybridized carbons (Fsp3) is 0.500. The molecule has 156 valence electrons. The number of nitrogens with zero attached hydrogens (tertiary/aromatic N) is 1. The first kappa shape index (κ1) is 20.2. The molecule has 1 aromatic carbocycles. The Morgan fingerprint density at radius 2 is 1.83 bits per heavy atom. The molecule has 1 atom stereocenters. The molecule has 2 N–H and O–H groups in total. The summed E-state index contributed by atoms with van der Waals surface area (Å²) in [7, 11) is 3.26. The second-order valence-corrected chi connectivity index (χ2v) is 8.13. The van der Waals surface area contributed by atoms with E-state index in [4.69, 9.17) is 15.2 Å². The highest BCUT2D eigenvalue weighted by atomic mass is 19.4. The lowest BCUT2D eigenvalue weighted by molar-refractivity contribution is -0.141. The molecule has 1 unspecified atom stereocenters. The van der Waals surface area contributed by atoms with E-state index in [0.717, 1.165) is 42.9 Å². The Balaban J connectivity index is 1.89. The van der Waals surface area contributed by atoms with E-state index < -0.39 is 22.8 Å². The zero-order valence-corrected chi connectivity index (χ0v) is 16.6. The van der Waals surface area contributed by atoms with Gasteiger partial charge in [-0.3, -0.25) is 0 Å². The van der Waals surface area contributed by atoms with Crippen molar-refractivity contribution in [1.29, 1.82) is 0 Å². The number of halogens is 3. The van der Waals surface area contributed by atoms with Crippen molar-refractivity contribution in [1.82, 2.24) is 4.98 Å². The van der Waals surface area contributed by atoms with Crippen molar-refractivity contribution in [2.75, 3.05) is 14.2 Å². The van der Waals surface area contributed by atoms with Gasteiger partial charge in [-0.15, -0.1) is 0 Å². The van der Waals surface area contributed by atoms with Gasteiger partial charge in [0, 0.05) is 12.5 Å². The van der Waals surface area contributed by atoms with Crippen molar-refractivity contribution in [3.8, 4) is 5.75 Å². The molecule has 0 saturated heterocycles. The van der Waals surface area contributed by atoms with Gasteiger partial charge < -0.3 is 15.2 Å². The fourth-order valence-electron chi connectivity index (χ4n) is 5.17. The molecule has 2 aromatic rings. The maximum atomic E-state index is 13.4. The van der Waals surface area contributed by atoms with E-state index in [1.54, 1.807) is 20.3 Å². The zero-order chi connectivity index (χ0) is 20.9. The lowest BCUT2D eigenvalue weighted by Gasteiger charge is -2.47. The normalized spacial score (nSPS) is 29.1. The molecule has 1 spiro atoms. The lowest BCUT2D eigenvalue weighted by atomic mass is 9.60. The van der Waals surface area contributed by atoms with Crippen LogP contribution in [0.25, 0.3) is 0 Å². The highest BCUT2D eigenvalue weighted by molar-refractivity contribution is 5.52. The molecule has 0 amide bonds. The third-order valence-electron chi connectivity index (χ3n) is 6.77. The van der Waals surface area contributed by atoms with Crippen molar-refractivity contribution in [3.63, 3.8) is 0 Å². The maximum absolute atomic E-state index is 13.4. The average Bonchev–Trinajstić information content (AvgIpc) is 2.96. The molecule has 0 bridgehead atoms. The number of pyridine rings is 1. The largest absolute Gasteiger partial charge is 0.497 e. The zero-order valence-electron chi connectivity index (χ0n) is 16.6. The van der Waals surface area contributed by atoms with Crippen LogP contribution in [0.1, 0.15) is 48.2 Å². The Hall–Kier alpha value is -2.12. The van der Waals surface area contributed by atoms with Crippen molar-refractivity contribution >= 4 is 0 Å². The third kappa shape index (κ3) is 3.11. The van der Waals surface area contributed by atoms with Gasteiger partial charge in [-0.1, -0.05) is 12.1 Å². The maximum Gasteiger partial charge on any atom is 0.433 e. The Morgan fingerprint density at radius 3 is 2.45 bits per heavy atom. The number of nitrogens with two attached hydrogens (primary N) is 1. The van der Waals surface area contributed by atoms with Gasteiger partial charge in [0.25, 0.3) is 0 Å². The highest BCUT2D eigenvalue weighted by Gasteiger charge is 2.58. The van der Waals surface area contributed by atoms with E-state index in [-0.39, 0.29) is 11.8 Å². The number of hydrogen-bond acceptors (Lipinski definition) is 4. The average molecular weight is 406 g/mol. The van der Waals surface area contributed by atoms with Gasteiger partial charge in [0.05, 0.1) is 24.4 Å². The first-order valence-corrected chi connectivity index (χ1v) is 9.77. The number of hydrogen-bond donors (Lipinski definition) is 1. The van der Waals surface area contributed by atoms with Crippen LogP contribution in [0.5, 0.6) is 5.75 Å². The van der Waals surface area contributed by atoms with Gasteiger partial charge in [-0.25, -0.2) is 4.98 Å². The molecular formula is C22H25F3N2O2. The van der Waals surface area contributed by atoms with E-state index in [2.05, 4.69) is 4.98 Å². The third-order valence-corrected chi connectivity index (χ3v) is 6.77. The van der Waals surface area contributed by atoms with E-state index >= 15 is 0 Å². The molecule has 0 aliphatic heterocycles. The summed E-state index contributed by atoms with van der Waals surface area (Å²) >= 11 is 0. The van der Waals surface area contributed by atoms with E-state index in [1.807, 2.05) is 18.2 Å². The quantitative estimate of drug-likeness (QED) is 0.819. The number of fused-ring (bicyclic) bond motifs is 1. The van der Waals surface area contributed by atoms with Crippen LogP contribution in [-0.2, 0) is 22.9 Å². The molecular weight excluding hydrogens is 381 g/mol. The molecule has 29 heavy (non-hydrogen) atoms. The van der Waals surface area contributed by atoms with Crippen LogP contribution in [0.15, 0.2) is 36.4 Å². The molecule has 7 heteroatoms. The van der Waals surface area contributed by atoms with Gasteiger partial charge in [-0.05, 0) is 67.5 Å². The molecule has 1 fully saturated rings. The van der Waals surface area contributed by atoms with E-state index in [1.165, 1.54) is 6.07 Å². The summed E-state index contributed by atoms with van der Waals surface area (Å²) in [5, 5.41) is 0. The van der Waals surface area contributed by atoms with Crippen LogP contribution in [0.3, 0.4) is 0 Å². The van der Waals surface area contributed by atoms with Gasteiger partial charge >= 0.3 is 6.18 Å². The minimum Gasteiger partial charge on any atom is -0.497 e. The SMILES string of the molecule is COc1ccc2c(c1)C(N)(c1cccc(C(F)(F)F)n1)C1(CCC(OC)CC1)C2. The highest BCUT2D eigenvalue weighted by Crippen LogP contribution is 2.59. The summed E-state index contributed by atoms with van der Waals surface area (Å²) in [5.74, 6) is 0.633. The number of ether oxygens (including phenoxy) is 2. The van der Waals surface area contributed by atoms with Gasteiger partial charge in [-0.2, -0.15) is 13.2 Å². The summed E-state index contributed by atoms with van der Waals surface area (Å²) in [6, 6.07) is 9.71. The summed E-state index contributed by atoms with van der Waals surface area (Å²) in [6.07, 6.45) is -0.509. The second kappa shape index (κ2) is 6.99. The van der Waals surface area contributed by atoms with Crippen molar-refractivity contribution in [2.24, 2.45) is 11.1 Å². The number of rotatable bonds is 3. The van der Waals surface area contributed by atoms with E-state index in [0.29, 0.717) is 12.2 Å². The molecule has 1 heterocycles. The van der Waals surface area contributed by atoms with Crippen LogP contribution in [0, 0.1) is 5.41 Å². The Labute approximate surface area is 168 Å². The minimum absolute atomic E-state index is 0.151. The predicted octanol–water partition coefficient (Wildman–Crippen LogP) is 4.44. The second-order valence-electron chi connectivity index (χ2n) is 8.13. The number of benzene rings is 1. The molecule has 2 aliphatic carbocycles. The van der Waals surface area contributed by atoms with Crippen molar-refractivity contribution in [2.45, 2.75) is 49.9 Å². The predicted molar refractivity (Wildman–Crippen MR) is 103 cm³/mol. The summed E-state index contributed by atoms with van der Waals surface area (Å²) in [5.41, 5.74) is 6.75. The summed E-state index contributed by atoms with van der Waals surface area (Å²) < 4.78 is 51.1. The number of aromatic nitrogens is 1. The molecule has 4 nitrogen and oxygen atoms in total. The number of methoxy groups -OCH3 is 2. The van der Waals surface area contributed by atoms with Gasteiger partial charge in [0.15, 0.2) is 0 Å². The standard InChI is InChI=1S/C22H25F3N2O2/c1-28-15-8-10-20(11-9-15)13-14-6-7-16(29-2)12-17(14)21(20,26)18-4-3-5-19(27-18)22(23,24)25/h3-7,12,15H,8-11,13,26H2,1-2H3. The smallest absolute Gasteiger partial charge is 0.433 e. The molecule has 1 aromatic heterocycles. The minimum atomic E-state index is -4.52. The van der Waals surface area contributed by atoms with Crippen LogP contribution >= 0.6 is 0 Å². The Bertz CT molecular complexity index is 907. The van der Waals surface area contributed by atoms with Crippen molar-refractivity contribution < 1.29 is 22.6 Å². The van der Waals surface area contributed by atoms with Gasteiger partial charge in [0.1, 0.15) is 11.4 Å². The molecule has 2 aliphatic rings.